The molecule has 2 rings (SSSR count). The Morgan fingerprint density at radius 2 is 2.14 bits per heavy atom. The van der Waals surface area contributed by atoms with Gasteiger partial charge in [0.05, 0.1) is 4.92 Å². The number of rotatable bonds is 5. The van der Waals surface area contributed by atoms with Crippen LogP contribution in [0.3, 0.4) is 0 Å². The van der Waals surface area contributed by atoms with Crippen LogP contribution in [0.1, 0.15) is 4.88 Å². The summed E-state index contributed by atoms with van der Waals surface area (Å²) in [7, 11) is -4.15. The van der Waals surface area contributed by atoms with Crippen molar-refractivity contribution in [2.24, 2.45) is 5.84 Å². The standard InChI is InChI=1S/C10H11N5O4S2/c1-6-5-12-10(20-6)14-21(18,19)8-4-2-3-7(13-11)9(8)15(16)17/h2-5,13H,11H2,1H3,(H,12,14). The molecule has 2 aromatic rings. The number of aromatic nitrogens is 1. The first kappa shape index (κ1) is 15.2. The highest BCUT2D eigenvalue weighted by Gasteiger charge is 2.29. The lowest BCUT2D eigenvalue weighted by Gasteiger charge is -2.08. The van der Waals surface area contributed by atoms with Crippen LogP contribution in [-0.4, -0.2) is 18.3 Å². The van der Waals surface area contributed by atoms with Gasteiger partial charge in [-0.2, -0.15) is 0 Å². The lowest BCUT2D eigenvalue weighted by atomic mass is 10.3. The molecule has 0 aliphatic heterocycles. The summed E-state index contributed by atoms with van der Waals surface area (Å²) < 4.78 is 26.8. The molecule has 0 saturated heterocycles. The van der Waals surface area contributed by atoms with Crippen molar-refractivity contribution in [3.05, 3.63) is 39.4 Å². The van der Waals surface area contributed by atoms with Gasteiger partial charge < -0.3 is 5.43 Å². The molecule has 0 unspecified atom stereocenters. The van der Waals surface area contributed by atoms with Crippen LogP contribution in [0.25, 0.3) is 0 Å². The molecule has 0 bridgehead atoms. The monoisotopic (exact) mass is 329 g/mol. The van der Waals surface area contributed by atoms with Gasteiger partial charge in [-0.15, -0.1) is 11.3 Å². The highest BCUT2D eigenvalue weighted by molar-refractivity contribution is 7.93. The number of nitro groups is 1. The van der Waals surface area contributed by atoms with Crippen LogP contribution in [-0.2, 0) is 10.0 Å². The lowest BCUT2D eigenvalue weighted by Crippen LogP contribution is -2.17. The number of nitrogens with two attached hydrogens (primary N) is 1. The first-order valence-corrected chi connectivity index (χ1v) is 7.84. The SMILES string of the molecule is Cc1cnc(NS(=O)(=O)c2cccc(NN)c2[N+](=O)[O-])s1. The molecule has 4 N–H and O–H groups in total. The first-order valence-electron chi connectivity index (χ1n) is 5.54. The van der Waals surface area contributed by atoms with Gasteiger partial charge in [-0.1, -0.05) is 6.07 Å². The van der Waals surface area contributed by atoms with Crippen molar-refractivity contribution >= 4 is 37.9 Å². The summed E-state index contributed by atoms with van der Waals surface area (Å²) in [6, 6.07) is 3.79. The number of benzene rings is 1. The number of nitrogens with zero attached hydrogens (tertiary/aromatic N) is 2. The molecule has 0 fully saturated rings. The van der Waals surface area contributed by atoms with Crippen LogP contribution in [0.5, 0.6) is 0 Å². The number of thiazole rings is 1. The van der Waals surface area contributed by atoms with E-state index < -0.39 is 25.5 Å². The van der Waals surface area contributed by atoms with Gasteiger partial charge >= 0.3 is 5.69 Å². The van der Waals surface area contributed by atoms with E-state index in [4.69, 9.17) is 5.84 Å². The van der Waals surface area contributed by atoms with Gasteiger partial charge in [0.2, 0.25) is 0 Å². The smallest absolute Gasteiger partial charge is 0.314 e. The van der Waals surface area contributed by atoms with E-state index in [2.05, 4.69) is 15.1 Å². The number of hydrazine groups is 1. The third-order valence-corrected chi connectivity index (χ3v) is 4.80. The molecular weight excluding hydrogens is 318 g/mol. The summed E-state index contributed by atoms with van der Waals surface area (Å²) in [4.78, 5) is 14.5. The Morgan fingerprint density at radius 3 is 2.67 bits per heavy atom. The van der Waals surface area contributed by atoms with E-state index in [9.17, 15) is 18.5 Å². The summed E-state index contributed by atoms with van der Waals surface area (Å²) in [5.41, 5.74) is 1.39. The molecule has 0 radical (unpaired) electrons. The van der Waals surface area contributed by atoms with E-state index in [-0.39, 0.29) is 10.8 Å². The quantitative estimate of drug-likeness (QED) is 0.428. The number of anilines is 2. The van der Waals surface area contributed by atoms with Crippen LogP contribution >= 0.6 is 11.3 Å². The zero-order valence-corrected chi connectivity index (χ0v) is 12.4. The molecular formula is C10H11N5O4S2. The number of sulfonamides is 1. The fourth-order valence-corrected chi connectivity index (χ4v) is 3.72. The third-order valence-electron chi connectivity index (χ3n) is 2.47. The minimum absolute atomic E-state index is 0.0989. The molecule has 0 atom stereocenters. The number of nitro benzene ring substituents is 1. The molecule has 1 heterocycles. The van der Waals surface area contributed by atoms with E-state index in [1.165, 1.54) is 18.3 Å². The van der Waals surface area contributed by atoms with Gasteiger partial charge in [0.15, 0.2) is 10.0 Å². The Morgan fingerprint density at radius 1 is 1.43 bits per heavy atom. The molecule has 112 valence electrons. The largest absolute Gasteiger partial charge is 0.318 e. The van der Waals surface area contributed by atoms with Crippen LogP contribution < -0.4 is 16.0 Å². The van der Waals surface area contributed by atoms with Crippen molar-refractivity contribution in [2.75, 3.05) is 10.1 Å². The number of para-hydroxylation sites is 1. The Hall–Kier alpha value is -2.24. The molecule has 21 heavy (non-hydrogen) atoms. The van der Waals surface area contributed by atoms with Gasteiger partial charge in [0.1, 0.15) is 5.69 Å². The molecule has 0 amide bonds. The molecule has 0 aliphatic carbocycles. The van der Waals surface area contributed by atoms with Crippen LogP contribution in [0.2, 0.25) is 0 Å². The summed E-state index contributed by atoms with van der Waals surface area (Å²) in [6.45, 7) is 1.76. The van der Waals surface area contributed by atoms with Crippen LogP contribution in [0.4, 0.5) is 16.5 Å². The number of hydrogen-bond donors (Lipinski definition) is 3. The van der Waals surface area contributed by atoms with Gasteiger partial charge in [-0.3, -0.25) is 20.7 Å². The van der Waals surface area contributed by atoms with Gasteiger partial charge in [0.25, 0.3) is 10.0 Å². The van der Waals surface area contributed by atoms with Crippen LogP contribution in [0, 0.1) is 17.0 Å². The zero-order valence-electron chi connectivity index (χ0n) is 10.7. The fraction of sp³-hybridized carbons (Fsp3) is 0.100. The highest BCUT2D eigenvalue weighted by atomic mass is 32.2. The average Bonchev–Trinajstić information content (AvgIpc) is 2.82. The third kappa shape index (κ3) is 3.09. The zero-order chi connectivity index (χ0) is 15.6. The van der Waals surface area contributed by atoms with Crippen molar-refractivity contribution in [1.82, 2.24) is 4.98 Å². The Balaban J connectivity index is 2.52. The van der Waals surface area contributed by atoms with E-state index in [1.54, 1.807) is 6.92 Å². The van der Waals surface area contributed by atoms with Gasteiger partial charge in [-0.25, -0.2) is 13.4 Å². The summed E-state index contributed by atoms with van der Waals surface area (Å²) >= 11 is 1.12. The minimum atomic E-state index is -4.15. The van der Waals surface area contributed by atoms with E-state index in [1.807, 2.05) is 0 Å². The van der Waals surface area contributed by atoms with Gasteiger partial charge in [0, 0.05) is 11.1 Å². The summed E-state index contributed by atoms with van der Waals surface area (Å²) in [5, 5.41) is 11.2. The van der Waals surface area contributed by atoms with Crippen molar-refractivity contribution in [3.8, 4) is 0 Å². The van der Waals surface area contributed by atoms with Crippen molar-refractivity contribution < 1.29 is 13.3 Å². The second-order valence-electron chi connectivity index (χ2n) is 3.94. The molecule has 0 aliphatic rings. The number of nitrogens with one attached hydrogen (secondary N) is 2. The Bertz CT molecular complexity index is 786. The maximum Gasteiger partial charge on any atom is 0.314 e. The topological polar surface area (TPSA) is 140 Å². The van der Waals surface area contributed by atoms with Crippen molar-refractivity contribution in [1.29, 1.82) is 0 Å². The Kier molecular flexibility index (Phi) is 4.06. The second kappa shape index (κ2) is 5.63. The van der Waals surface area contributed by atoms with Crippen molar-refractivity contribution in [2.45, 2.75) is 11.8 Å². The highest BCUT2D eigenvalue weighted by Crippen LogP contribution is 2.32. The molecule has 11 heteroatoms. The van der Waals surface area contributed by atoms with E-state index >= 15 is 0 Å². The first-order chi connectivity index (χ1) is 9.85. The molecule has 9 nitrogen and oxygen atoms in total. The Labute approximate surface area is 124 Å². The molecule has 1 aromatic heterocycles. The maximum absolute atomic E-state index is 12.3. The number of nitrogen functional groups attached to an aromatic ring is 1. The predicted octanol–water partition coefficient (Wildman–Crippen LogP) is 1.45. The lowest BCUT2D eigenvalue weighted by molar-refractivity contribution is -0.386. The number of hydrogen-bond acceptors (Lipinski definition) is 8. The molecule has 0 saturated carbocycles. The molecule has 0 spiro atoms. The second-order valence-corrected chi connectivity index (χ2v) is 6.82. The molecule has 1 aromatic carbocycles. The van der Waals surface area contributed by atoms with E-state index in [0.717, 1.165) is 22.3 Å². The minimum Gasteiger partial charge on any atom is -0.318 e. The summed E-state index contributed by atoms with van der Waals surface area (Å²) in [5.74, 6) is 5.18. The predicted molar refractivity (Wildman–Crippen MR) is 78.6 cm³/mol. The van der Waals surface area contributed by atoms with Crippen molar-refractivity contribution in [3.63, 3.8) is 0 Å². The van der Waals surface area contributed by atoms with E-state index in [0.29, 0.717) is 0 Å². The number of aryl methyl sites for hydroxylation is 1. The normalized spacial score (nSPS) is 11.1. The maximum atomic E-state index is 12.3. The van der Waals surface area contributed by atoms with Gasteiger partial charge in [-0.05, 0) is 19.1 Å². The average molecular weight is 329 g/mol. The van der Waals surface area contributed by atoms with Crippen LogP contribution in [0.15, 0.2) is 29.3 Å². The fourth-order valence-electron chi connectivity index (χ4n) is 1.62. The summed E-state index contributed by atoms with van der Waals surface area (Å²) in [6.07, 6.45) is 1.49.